The van der Waals surface area contributed by atoms with Gasteiger partial charge in [-0.15, -0.1) is 0 Å². The summed E-state index contributed by atoms with van der Waals surface area (Å²) in [5, 5.41) is 21.3. The molecule has 0 aromatic heterocycles. The molecule has 0 radical (unpaired) electrons. The first-order valence-corrected chi connectivity index (χ1v) is 4.79. The van der Waals surface area contributed by atoms with Gasteiger partial charge in [-0.1, -0.05) is 0 Å². The van der Waals surface area contributed by atoms with Crippen molar-refractivity contribution in [2.75, 3.05) is 19.5 Å². The van der Waals surface area contributed by atoms with E-state index in [4.69, 9.17) is 5.11 Å². The van der Waals surface area contributed by atoms with Crippen molar-refractivity contribution in [3.05, 3.63) is 33.4 Å². The average Bonchev–Trinajstić information content (AvgIpc) is 2.19. The largest absolute Gasteiger partial charge is 0.478 e. The smallest absolute Gasteiger partial charge is 0.336 e. The molecule has 0 fully saturated rings. The van der Waals surface area contributed by atoms with Crippen molar-refractivity contribution in [1.29, 1.82) is 0 Å². The molecule has 0 saturated heterocycles. The second-order valence-electron chi connectivity index (χ2n) is 3.74. The highest BCUT2D eigenvalue weighted by atomic mass is 16.6. The van der Waals surface area contributed by atoms with Gasteiger partial charge in [0, 0.05) is 20.2 Å². The molecule has 0 saturated carbocycles. The van der Waals surface area contributed by atoms with Crippen LogP contribution in [-0.4, -0.2) is 35.1 Å². The van der Waals surface area contributed by atoms with Gasteiger partial charge in [-0.3, -0.25) is 10.1 Å². The fraction of sp³-hybridized carbons (Fsp3) is 0.300. The predicted molar refractivity (Wildman–Crippen MR) is 62.1 cm³/mol. The van der Waals surface area contributed by atoms with E-state index in [0.717, 1.165) is 6.07 Å². The van der Waals surface area contributed by atoms with Crippen LogP contribution in [0.1, 0.15) is 15.9 Å². The normalized spacial score (nSPS) is 10.4. The van der Waals surface area contributed by atoms with Crippen molar-refractivity contribution in [3.63, 3.8) is 0 Å². The Labute approximate surface area is 97.8 Å². The Kier molecular flexibility index (Phi) is 3.64. The summed E-state index contributed by atoms with van der Waals surface area (Å²) >= 11 is 0. The number of carboxylic acids is 1. The van der Waals surface area contributed by atoms with Crippen LogP contribution in [-0.2, 0) is 0 Å². The van der Waals surface area contributed by atoms with Gasteiger partial charge < -0.3 is 10.5 Å². The number of nitro groups is 1. The SMILES string of the molecule is Cc1c(NN(C)C)cc(C(=O)O)cc1[N+](=O)[O-]. The number of aromatic carboxylic acids is 1. The lowest BCUT2D eigenvalue weighted by Crippen LogP contribution is -2.20. The number of rotatable bonds is 4. The van der Waals surface area contributed by atoms with E-state index in [1.165, 1.54) is 6.07 Å². The lowest BCUT2D eigenvalue weighted by molar-refractivity contribution is -0.385. The highest BCUT2D eigenvalue weighted by molar-refractivity contribution is 5.90. The summed E-state index contributed by atoms with van der Waals surface area (Å²) in [6.45, 7) is 1.57. The Hall–Kier alpha value is -2.15. The van der Waals surface area contributed by atoms with Crippen LogP contribution in [0.2, 0.25) is 0 Å². The van der Waals surface area contributed by atoms with Gasteiger partial charge in [0.1, 0.15) is 0 Å². The van der Waals surface area contributed by atoms with Crippen LogP contribution in [0.25, 0.3) is 0 Å². The molecule has 0 bridgehead atoms. The highest BCUT2D eigenvalue weighted by Crippen LogP contribution is 2.27. The summed E-state index contributed by atoms with van der Waals surface area (Å²) in [7, 11) is 3.41. The minimum absolute atomic E-state index is 0.119. The fourth-order valence-electron chi connectivity index (χ4n) is 1.37. The number of benzene rings is 1. The molecule has 0 aliphatic heterocycles. The van der Waals surface area contributed by atoms with Crippen molar-refractivity contribution in [1.82, 2.24) is 5.01 Å². The van der Waals surface area contributed by atoms with E-state index in [9.17, 15) is 14.9 Å². The first-order chi connectivity index (χ1) is 7.82. The average molecular weight is 239 g/mol. The van der Waals surface area contributed by atoms with E-state index < -0.39 is 10.9 Å². The lowest BCUT2D eigenvalue weighted by atomic mass is 10.1. The molecule has 0 heterocycles. The van der Waals surface area contributed by atoms with Gasteiger partial charge >= 0.3 is 5.97 Å². The molecule has 0 spiro atoms. The second-order valence-corrected chi connectivity index (χ2v) is 3.74. The topological polar surface area (TPSA) is 95.7 Å². The number of nitro benzene ring substituents is 1. The molecule has 0 unspecified atom stereocenters. The molecule has 0 aliphatic carbocycles. The summed E-state index contributed by atoms with van der Waals surface area (Å²) in [5.74, 6) is -1.20. The summed E-state index contributed by atoms with van der Waals surface area (Å²) in [6, 6.07) is 2.42. The van der Waals surface area contributed by atoms with Crippen LogP contribution in [0.4, 0.5) is 11.4 Å². The van der Waals surface area contributed by atoms with Gasteiger partial charge in [0.05, 0.1) is 21.7 Å². The molecule has 0 aliphatic rings. The Morgan fingerprint density at radius 1 is 1.47 bits per heavy atom. The molecular weight excluding hydrogens is 226 g/mol. The minimum Gasteiger partial charge on any atom is -0.478 e. The van der Waals surface area contributed by atoms with E-state index in [2.05, 4.69) is 5.43 Å². The summed E-state index contributed by atoms with van der Waals surface area (Å²) < 4.78 is 0. The van der Waals surface area contributed by atoms with E-state index in [0.29, 0.717) is 11.3 Å². The van der Waals surface area contributed by atoms with E-state index in [-0.39, 0.29) is 11.3 Å². The molecule has 7 nitrogen and oxygen atoms in total. The molecule has 1 rings (SSSR count). The number of carbonyl (C=O) groups is 1. The number of nitrogens with zero attached hydrogens (tertiary/aromatic N) is 2. The van der Waals surface area contributed by atoms with Crippen LogP contribution in [0.5, 0.6) is 0 Å². The molecule has 0 amide bonds. The number of nitrogens with one attached hydrogen (secondary N) is 1. The summed E-state index contributed by atoms with van der Waals surface area (Å²) in [5.41, 5.74) is 3.30. The standard InChI is InChI=1S/C10H13N3O4/c1-6-8(11-12(2)3)4-7(10(14)15)5-9(6)13(16)17/h4-5,11H,1-3H3,(H,14,15). The van der Waals surface area contributed by atoms with Crippen LogP contribution in [0.3, 0.4) is 0 Å². The van der Waals surface area contributed by atoms with Crippen LogP contribution in [0.15, 0.2) is 12.1 Å². The van der Waals surface area contributed by atoms with E-state index in [1.54, 1.807) is 26.0 Å². The second kappa shape index (κ2) is 4.79. The zero-order valence-corrected chi connectivity index (χ0v) is 9.72. The van der Waals surface area contributed by atoms with E-state index in [1.807, 2.05) is 0 Å². The molecule has 2 N–H and O–H groups in total. The Morgan fingerprint density at radius 2 is 2.06 bits per heavy atom. The number of hydrogen-bond acceptors (Lipinski definition) is 5. The number of hydrazine groups is 1. The monoisotopic (exact) mass is 239 g/mol. The van der Waals surface area contributed by atoms with Crippen molar-refractivity contribution in [2.24, 2.45) is 0 Å². The molecule has 1 aromatic carbocycles. The van der Waals surface area contributed by atoms with Crippen molar-refractivity contribution >= 4 is 17.3 Å². The zero-order valence-electron chi connectivity index (χ0n) is 9.72. The summed E-state index contributed by atoms with van der Waals surface area (Å²) in [4.78, 5) is 21.1. The van der Waals surface area contributed by atoms with Crippen LogP contribution < -0.4 is 5.43 Å². The van der Waals surface area contributed by atoms with Gasteiger partial charge in [0.2, 0.25) is 0 Å². The van der Waals surface area contributed by atoms with Gasteiger partial charge in [-0.05, 0) is 13.0 Å². The molecule has 1 aromatic rings. The maximum absolute atomic E-state index is 10.9. The molecule has 92 valence electrons. The number of anilines is 1. The lowest BCUT2D eigenvalue weighted by Gasteiger charge is -2.16. The zero-order chi connectivity index (χ0) is 13.2. The van der Waals surface area contributed by atoms with E-state index >= 15 is 0 Å². The molecule has 17 heavy (non-hydrogen) atoms. The third kappa shape index (κ3) is 2.91. The van der Waals surface area contributed by atoms with Crippen LogP contribution >= 0.6 is 0 Å². The van der Waals surface area contributed by atoms with Crippen molar-refractivity contribution in [2.45, 2.75) is 6.92 Å². The van der Waals surface area contributed by atoms with Gasteiger partial charge in [-0.25, -0.2) is 9.80 Å². The third-order valence-corrected chi connectivity index (χ3v) is 2.17. The van der Waals surface area contributed by atoms with Gasteiger partial charge in [0.15, 0.2) is 0 Å². The van der Waals surface area contributed by atoms with Crippen molar-refractivity contribution in [3.8, 4) is 0 Å². The maximum atomic E-state index is 10.9. The highest BCUT2D eigenvalue weighted by Gasteiger charge is 2.19. The Bertz CT molecular complexity index is 471. The number of carboxylic acid groups (broad SMARTS) is 1. The minimum atomic E-state index is -1.20. The Morgan fingerprint density at radius 3 is 2.47 bits per heavy atom. The maximum Gasteiger partial charge on any atom is 0.336 e. The summed E-state index contributed by atoms with van der Waals surface area (Å²) in [6.07, 6.45) is 0. The fourth-order valence-corrected chi connectivity index (χ4v) is 1.37. The Balaban J connectivity index is 3.37. The third-order valence-electron chi connectivity index (χ3n) is 2.17. The van der Waals surface area contributed by atoms with Gasteiger partial charge in [-0.2, -0.15) is 0 Å². The molecular formula is C10H13N3O4. The van der Waals surface area contributed by atoms with Crippen molar-refractivity contribution < 1.29 is 14.8 Å². The number of hydrogen-bond donors (Lipinski definition) is 2. The molecule has 7 heteroatoms. The first-order valence-electron chi connectivity index (χ1n) is 4.79. The van der Waals surface area contributed by atoms with Gasteiger partial charge in [0.25, 0.3) is 5.69 Å². The predicted octanol–water partition coefficient (Wildman–Crippen LogP) is 1.49. The van der Waals surface area contributed by atoms with Crippen LogP contribution in [0, 0.1) is 17.0 Å². The molecule has 0 atom stereocenters. The quantitative estimate of drug-likeness (QED) is 0.610. The first kappa shape index (κ1) is 12.9.